The van der Waals surface area contributed by atoms with Gasteiger partial charge in [-0.2, -0.15) is 5.26 Å². The van der Waals surface area contributed by atoms with Gasteiger partial charge in [-0.25, -0.2) is 9.66 Å². The Kier molecular flexibility index (Phi) is 13.7. The minimum absolute atomic E-state index is 0.000538. The highest BCUT2D eigenvalue weighted by atomic mass is 31.2. The number of nitriles is 1. The number of hydrogen-bond donors (Lipinski definition) is 2. The number of allylic oxidation sites excluding steroid dienone is 1. The summed E-state index contributed by atoms with van der Waals surface area (Å²) in [4.78, 5) is 18.3. The number of nitrogens with zero attached hydrogens (tertiary/aromatic N) is 5. The smallest absolute Gasteiger partial charge is 0.261 e. The Morgan fingerprint density at radius 2 is 1.57 bits per heavy atom. The maximum atomic E-state index is 13.6. The van der Waals surface area contributed by atoms with E-state index in [0.717, 1.165) is 16.7 Å². The van der Waals surface area contributed by atoms with Gasteiger partial charge >= 0.3 is 0 Å². The van der Waals surface area contributed by atoms with Crippen LogP contribution in [0.3, 0.4) is 0 Å². The summed E-state index contributed by atoms with van der Waals surface area (Å²) in [5.74, 6) is 4.79. The van der Waals surface area contributed by atoms with Crippen molar-refractivity contribution in [3.63, 3.8) is 0 Å². The van der Waals surface area contributed by atoms with E-state index in [1.807, 2.05) is 78.9 Å². The standard InChI is InChI=1S/C43H50N7O7P/c1-8-13-35-39-40(49-48-35)46-43(45,47-41(39)51)38-26-36(57-58(55-25-12-24-44)50(28(2)3)29(4)5)37(56-38)27-54-42(30-14-10-9-11-15-30,31-16-20-33(52-6)21-17-31)32-18-22-34(53-7)23-19-32/h9-11,14-23,28-29,36-38H,12,25-27,45H2,1-7H3,(H,47,51)/t36?,37-,38?,43?,58?/m1/s1. The Morgan fingerprint density at radius 3 is 2.12 bits per heavy atom. The third-order valence-corrected chi connectivity index (χ3v) is 12.2. The van der Waals surface area contributed by atoms with E-state index in [9.17, 15) is 10.1 Å². The van der Waals surface area contributed by atoms with Gasteiger partial charge in [-0.15, -0.1) is 10.2 Å². The van der Waals surface area contributed by atoms with Crippen molar-refractivity contribution in [1.29, 1.82) is 5.26 Å². The van der Waals surface area contributed by atoms with Gasteiger partial charge in [0.05, 0.1) is 46.0 Å². The summed E-state index contributed by atoms with van der Waals surface area (Å²) >= 11 is 0. The van der Waals surface area contributed by atoms with Crippen LogP contribution in [0.15, 0.2) is 105 Å². The third-order valence-electron chi connectivity index (χ3n) is 10.00. The van der Waals surface area contributed by atoms with Crippen molar-refractivity contribution in [3.05, 3.63) is 107 Å². The molecule has 0 aliphatic carbocycles. The molecule has 58 heavy (non-hydrogen) atoms. The van der Waals surface area contributed by atoms with Gasteiger partial charge in [0.1, 0.15) is 34.9 Å². The summed E-state index contributed by atoms with van der Waals surface area (Å²) in [6.45, 7) is 10.1. The molecule has 15 heteroatoms. The number of azo groups is 1. The van der Waals surface area contributed by atoms with Crippen LogP contribution >= 0.6 is 8.53 Å². The fraction of sp³-hybridized carbons (Fsp3) is 0.419. The SMILES string of the molecule is CC#CC1=C2C(=O)NC(N)(C3CC(OP(OCCC#N)N(C(C)C)C(C)C)[C@@H](COC(c4ccccc4)(c4ccc(OC)cc4)c4ccc(OC)cc4)O3)N=C2N=N1. The molecule has 4 unspecified atom stereocenters. The Balaban J connectivity index is 1.43. The van der Waals surface area contributed by atoms with Gasteiger partial charge < -0.3 is 33.3 Å². The first kappa shape index (κ1) is 42.6. The second-order valence-electron chi connectivity index (χ2n) is 14.4. The number of ether oxygens (including phenoxy) is 4. The van der Waals surface area contributed by atoms with Crippen molar-refractivity contribution in [2.45, 2.75) is 89.2 Å². The van der Waals surface area contributed by atoms with Crippen molar-refractivity contribution in [2.24, 2.45) is 21.0 Å². The van der Waals surface area contributed by atoms with Gasteiger partial charge in [-0.1, -0.05) is 60.5 Å². The lowest BCUT2D eigenvalue weighted by molar-refractivity contribution is -0.123. The highest BCUT2D eigenvalue weighted by Crippen LogP contribution is 2.50. The quantitative estimate of drug-likeness (QED) is 0.0646. The monoisotopic (exact) mass is 807 g/mol. The number of methoxy groups -OCH3 is 2. The number of nitrogens with one attached hydrogen (secondary N) is 1. The van der Waals surface area contributed by atoms with E-state index < -0.39 is 44.1 Å². The van der Waals surface area contributed by atoms with E-state index in [4.69, 9.17) is 33.7 Å². The van der Waals surface area contributed by atoms with Gasteiger partial charge in [0, 0.05) is 18.5 Å². The first-order valence-electron chi connectivity index (χ1n) is 19.2. The molecule has 3 aliphatic heterocycles. The average molecular weight is 808 g/mol. The van der Waals surface area contributed by atoms with E-state index in [1.165, 1.54) is 0 Å². The first-order chi connectivity index (χ1) is 28.0. The second-order valence-corrected chi connectivity index (χ2v) is 15.8. The summed E-state index contributed by atoms with van der Waals surface area (Å²) in [7, 11) is 1.53. The molecule has 1 amide bonds. The molecule has 1 saturated heterocycles. The Morgan fingerprint density at radius 1 is 0.966 bits per heavy atom. The van der Waals surface area contributed by atoms with Crippen LogP contribution in [0.5, 0.6) is 11.5 Å². The van der Waals surface area contributed by atoms with Gasteiger partial charge in [0.25, 0.3) is 14.4 Å². The summed E-state index contributed by atoms with van der Waals surface area (Å²) < 4.78 is 40.6. The highest BCUT2D eigenvalue weighted by Gasteiger charge is 2.53. The Hall–Kier alpha value is -5.02. The van der Waals surface area contributed by atoms with E-state index in [-0.39, 0.29) is 55.2 Å². The first-order valence-corrected chi connectivity index (χ1v) is 20.3. The molecule has 3 N–H and O–H groups in total. The zero-order valence-electron chi connectivity index (χ0n) is 33.8. The number of hydrogen-bond acceptors (Lipinski definition) is 13. The summed E-state index contributed by atoms with van der Waals surface area (Å²) in [5.41, 5.74) is 8.70. The van der Waals surface area contributed by atoms with E-state index in [1.54, 1.807) is 21.1 Å². The molecule has 3 heterocycles. The molecular formula is C43H50N7O7P. The van der Waals surface area contributed by atoms with Crippen LogP contribution in [0, 0.1) is 23.2 Å². The zero-order chi connectivity index (χ0) is 41.5. The number of rotatable bonds is 17. The van der Waals surface area contributed by atoms with Crippen LogP contribution in [-0.4, -0.2) is 80.0 Å². The number of fused-ring (bicyclic) bond motifs is 1. The fourth-order valence-electron chi connectivity index (χ4n) is 7.35. The highest BCUT2D eigenvalue weighted by molar-refractivity contribution is 7.44. The molecule has 3 aromatic carbocycles. The molecule has 3 aromatic rings. The molecular weight excluding hydrogens is 757 g/mol. The molecule has 0 saturated carbocycles. The van der Waals surface area contributed by atoms with Crippen LogP contribution in [0.4, 0.5) is 0 Å². The van der Waals surface area contributed by atoms with Crippen LogP contribution in [0.2, 0.25) is 0 Å². The van der Waals surface area contributed by atoms with Crippen molar-refractivity contribution >= 4 is 20.3 Å². The van der Waals surface area contributed by atoms with Crippen LogP contribution in [-0.2, 0) is 28.9 Å². The molecule has 1 fully saturated rings. The molecule has 304 valence electrons. The van der Waals surface area contributed by atoms with Gasteiger partial charge in [0.2, 0.25) is 5.79 Å². The molecule has 5 atom stereocenters. The summed E-state index contributed by atoms with van der Waals surface area (Å²) in [5, 5.41) is 20.4. The maximum absolute atomic E-state index is 13.6. The molecule has 3 aliphatic rings. The van der Waals surface area contributed by atoms with E-state index in [0.29, 0.717) is 11.5 Å². The molecule has 0 spiro atoms. The van der Waals surface area contributed by atoms with Gasteiger partial charge in [-0.05, 0) is 81.5 Å². The van der Waals surface area contributed by atoms with Crippen molar-refractivity contribution in [1.82, 2.24) is 9.99 Å². The average Bonchev–Trinajstić information content (AvgIpc) is 3.83. The minimum Gasteiger partial charge on any atom is -0.497 e. The maximum Gasteiger partial charge on any atom is 0.261 e. The lowest BCUT2D eigenvalue weighted by Crippen LogP contribution is -2.65. The van der Waals surface area contributed by atoms with E-state index in [2.05, 4.69) is 70.8 Å². The summed E-state index contributed by atoms with van der Waals surface area (Å²) in [6.07, 6.45) is -1.92. The predicted octanol–water partition coefficient (Wildman–Crippen LogP) is 6.71. The van der Waals surface area contributed by atoms with Crippen molar-refractivity contribution in [3.8, 4) is 29.4 Å². The molecule has 0 bridgehead atoms. The number of amidine groups is 1. The number of nitrogens with two attached hydrogens (primary N) is 1. The molecule has 0 radical (unpaired) electrons. The Labute approximate surface area is 341 Å². The molecule has 0 aromatic heterocycles. The second kappa shape index (κ2) is 18.7. The number of aliphatic imine (C=N–C) groups is 1. The fourth-order valence-corrected chi connectivity index (χ4v) is 9.10. The van der Waals surface area contributed by atoms with Crippen molar-refractivity contribution in [2.75, 3.05) is 27.4 Å². The van der Waals surface area contributed by atoms with E-state index >= 15 is 0 Å². The topological polar surface area (TPSA) is 175 Å². The Bertz CT molecular complexity index is 2050. The van der Waals surface area contributed by atoms with Crippen LogP contribution in [0.1, 0.15) is 64.2 Å². The van der Waals surface area contributed by atoms with Gasteiger partial charge in [-0.3, -0.25) is 10.5 Å². The molecule has 14 nitrogen and oxygen atoms in total. The molecule has 6 rings (SSSR count). The minimum atomic E-state index is -1.73. The number of carbonyl (C=O) groups is 1. The van der Waals surface area contributed by atoms with Crippen LogP contribution < -0.4 is 20.5 Å². The third kappa shape index (κ3) is 8.85. The van der Waals surface area contributed by atoms with Crippen molar-refractivity contribution < 1.29 is 32.8 Å². The zero-order valence-corrected chi connectivity index (χ0v) is 34.7. The number of benzene rings is 3. The normalized spacial score (nSPS) is 22.0. The summed E-state index contributed by atoms with van der Waals surface area (Å²) in [6, 6.07) is 27.7. The number of amides is 1. The largest absolute Gasteiger partial charge is 0.497 e. The lowest BCUT2D eigenvalue weighted by Gasteiger charge is -2.39. The predicted molar refractivity (Wildman–Crippen MR) is 219 cm³/mol. The lowest BCUT2D eigenvalue weighted by atomic mass is 9.80. The number of carbonyl (C=O) groups excluding carboxylic acids is 1. The van der Waals surface area contributed by atoms with Gasteiger partial charge in [0.15, 0.2) is 11.5 Å². The van der Waals surface area contributed by atoms with Crippen LogP contribution in [0.25, 0.3) is 0 Å².